The van der Waals surface area contributed by atoms with Gasteiger partial charge in [0.15, 0.2) is 0 Å². The van der Waals surface area contributed by atoms with Gasteiger partial charge in [-0.1, -0.05) is 0 Å². The van der Waals surface area contributed by atoms with Gasteiger partial charge in [-0.25, -0.2) is 4.98 Å². The van der Waals surface area contributed by atoms with E-state index in [-0.39, 0.29) is 6.10 Å². The van der Waals surface area contributed by atoms with E-state index in [4.69, 9.17) is 15.2 Å². The second-order valence-electron chi connectivity index (χ2n) is 3.84. The van der Waals surface area contributed by atoms with E-state index in [1.54, 1.807) is 13.3 Å². The van der Waals surface area contributed by atoms with Crippen LogP contribution in [0.2, 0.25) is 0 Å². The molecule has 16 heavy (non-hydrogen) atoms. The van der Waals surface area contributed by atoms with Crippen LogP contribution < -0.4 is 10.6 Å². The Morgan fingerprint density at radius 2 is 2.50 bits per heavy atom. The largest absolute Gasteiger partial charge is 0.384 e. The molecule has 1 aliphatic heterocycles. The zero-order valence-corrected chi connectivity index (χ0v) is 9.43. The molecule has 0 saturated carbocycles. The third-order valence-corrected chi connectivity index (χ3v) is 2.63. The van der Waals surface area contributed by atoms with Crippen LogP contribution in [-0.4, -0.2) is 44.5 Å². The van der Waals surface area contributed by atoms with Crippen LogP contribution in [-0.2, 0) is 9.47 Å². The number of aromatic nitrogens is 1. The van der Waals surface area contributed by atoms with E-state index in [2.05, 4.69) is 9.88 Å². The number of anilines is 2. The van der Waals surface area contributed by atoms with Gasteiger partial charge in [-0.3, -0.25) is 0 Å². The summed E-state index contributed by atoms with van der Waals surface area (Å²) in [5.41, 5.74) is 6.64. The van der Waals surface area contributed by atoms with Crippen LogP contribution >= 0.6 is 0 Å². The Bertz CT molecular complexity index is 327. The Balaban J connectivity index is 2.01. The quantitative estimate of drug-likeness (QED) is 0.809. The molecule has 1 saturated heterocycles. The van der Waals surface area contributed by atoms with Crippen LogP contribution in [0.25, 0.3) is 0 Å². The van der Waals surface area contributed by atoms with Gasteiger partial charge in [0.1, 0.15) is 5.82 Å². The molecule has 1 fully saturated rings. The Morgan fingerprint density at radius 3 is 3.19 bits per heavy atom. The van der Waals surface area contributed by atoms with Crippen molar-refractivity contribution in [1.82, 2.24) is 4.98 Å². The van der Waals surface area contributed by atoms with E-state index >= 15 is 0 Å². The van der Waals surface area contributed by atoms with Crippen molar-refractivity contribution >= 4 is 11.5 Å². The highest BCUT2D eigenvalue weighted by Crippen LogP contribution is 2.17. The van der Waals surface area contributed by atoms with Crippen molar-refractivity contribution in [3.8, 4) is 0 Å². The lowest BCUT2D eigenvalue weighted by Gasteiger charge is -2.34. The van der Waals surface area contributed by atoms with Crippen molar-refractivity contribution in [2.45, 2.75) is 6.10 Å². The summed E-state index contributed by atoms with van der Waals surface area (Å²) >= 11 is 0. The molecule has 1 aromatic rings. The minimum Gasteiger partial charge on any atom is -0.384 e. The molecule has 1 unspecified atom stereocenters. The van der Waals surface area contributed by atoms with Gasteiger partial charge in [-0.05, 0) is 12.1 Å². The number of nitrogen functional groups attached to an aromatic ring is 1. The van der Waals surface area contributed by atoms with Crippen LogP contribution in [0.15, 0.2) is 18.3 Å². The van der Waals surface area contributed by atoms with Crippen LogP contribution in [0.3, 0.4) is 0 Å². The van der Waals surface area contributed by atoms with Crippen LogP contribution in [0.5, 0.6) is 0 Å². The molecule has 5 nitrogen and oxygen atoms in total. The standard InChI is InChI=1S/C11H17N3O2/c1-15-8-10-7-14(4-5-16-10)9-2-3-11(12)13-6-9/h2-3,6,10H,4-5,7-8H2,1H3,(H2,12,13). The number of nitrogens with zero attached hydrogens (tertiary/aromatic N) is 2. The zero-order chi connectivity index (χ0) is 11.4. The first kappa shape index (κ1) is 11.2. The Hall–Kier alpha value is -1.33. The fraction of sp³-hybridized carbons (Fsp3) is 0.545. The van der Waals surface area contributed by atoms with E-state index in [1.165, 1.54) is 0 Å². The van der Waals surface area contributed by atoms with Gasteiger partial charge in [-0.2, -0.15) is 0 Å². The lowest BCUT2D eigenvalue weighted by molar-refractivity contribution is -0.0100. The van der Waals surface area contributed by atoms with E-state index in [9.17, 15) is 0 Å². The fourth-order valence-electron chi connectivity index (χ4n) is 1.83. The van der Waals surface area contributed by atoms with E-state index < -0.39 is 0 Å². The summed E-state index contributed by atoms with van der Waals surface area (Å²) in [6, 6.07) is 3.80. The fourth-order valence-corrected chi connectivity index (χ4v) is 1.83. The zero-order valence-electron chi connectivity index (χ0n) is 9.43. The first-order valence-electron chi connectivity index (χ1n) is 5.36. The number of nitrogens with two attached hydrogens (primary N) is 1. The number of hydrogen-bond donors (Lipinski definition) is 1. The summed E-state index contributed by atoms with van der Waals surface area (Å²) in [7, 11) is 1.69. The summed E-state index contributed by atoms with van der Waals surface area (Å²) < 4.78 is 10.7. The lowest BCUT2D eigenvalue weighted by atomic mass is 10.2. The van der Waals surface area contributed by atoms with Crippen molar-refractivity contribution in [1.29, 1.82) is 0 Å². The number of rotatable bonds is 3. The normalized spacial score (nSPS) is 21.1. The summed E-state index contributed by atoms with van der Waals surface area (Å²) in [6.45, 7) is 3.06. The van der Waals surface area contributed by atoms with Gasteiger partial charge in [0.05, 0.1) is 31.2 Å². The molecule has 5 heteroatoms. The number of pyridine rings is 1. The maximum atomic E-state index is 5.58. The number of hydrogen-bond acceptors (Lipinski definition) is 5. The Labute approximate surface area is 95.2 Å². The topological polar surface area (TPSA) is 60.6 Å². The molecule has 1 aromatic heterocycles. The highest BCUT2D eigenvalue weighted by atomic mass is 16.5. The summed E-state index contributed by atoms with van der Waals surface area (Å²) in [4.78, 5) is 6.33. The maximum absolute atomic E-state index is 5.58. The average molecular weight is 223 g/mol. The van der Waals surface area contributed by atoms with Crippen molar-refractivity contribution < 1.29 is 9.47 Å². The molecule has 0 bridgehead atoms. The Kier molecular flexibility index (Phi) is 3.58. The van der Waals surface area contributed by atoms with Crippen LogP contribution in [0.1, 0.15) is 0 Å². The van der Waals surface area contributed by atoms with Crippen molar-refractivity contribution in [3.05, 3.63) is 18.3 Å². The molecule has 2 heterocycles. The second kappa shape index (κ2) is 5.14. The summed E-state index contributed by atoms with van der Waals surface area (Å²) in [5, 5.41) is 0. The predicted octanol–water partition coefficient (Wildman–Crippen LogP) is 0.515. The number of morpholine rings is 1. The molecule has 2 rings (SSSR count). The molecule has 1 aliphatic rings. The second-order valence-corrected chi connectivity index (χ2v) is 3.84. The smallest absolute Gasteiger partial charge is 0.123 e. The van der Waals surface area contributed by atoms with Crippen molar-refractivity contribution in [2.24, 2.45) is 0 Å². The average Bonchev–Trinajstić information content (AvgIpc) is 2.31. The van der Waals surface area contributed by atoms with E-state index in [1.807, 2.05) is 12.1 Å². The highest BCUT2D eigenvalue weighted by Gasteiger charge is 2.20. The van der Waals surface area contributed by atoms with Crippen molar-refractivity contribution in [2.75, 3.05) is 44.0 Å². The van der Waals surface area contributed by atoms with E-state index in [0.717, 1.165) is 25.4 Å². The molecule has 0 aliphatic carbocycles. The third-order valence-electron chi connectivity index (χ3n) is 2.63. The molecular weight excluding hydrogens is 206 g/mol. The molecular formula is C11H17N3O2. The molecule has 0 spiro atoms. The minimum atomic E-state index is 0.135. The summed E-state index contributed by atoms with van der Waals surface area (Å²) in [5.74, 6) is 0.547. The van der Waals surface area contributed by atoms with Gasteiger partial charge >= 0.3 is 0 Å². The Morgan fingerprint density at radius 1 is 1.62 bits per heavy atom. The molecule has 0 amide bonds. The van der Waals surface area contributed by atoms with Gasteiger partial charge in [0, 0.05) is 20.2 Å². The maximum Gasteiger partial charge on any atom is 0.123 e. The molecule has 1 atom stereocenters. The van der Waals surface area contributed by atoms with Crippen LogP contribution in [0.4, 0.5) is 11.5 Å². The molecule has 2 N–H and O–H groups in total. The van der Waals surface area contributed by atoms with Gasteiger partial charge in [0.25, 0.3) is 0 Å². The van der Waals surface area contributed by atoms with E-state index in [0.29, 0.717) is 12.4 Å². The predicted molar refractivity (Wildman–Crippen MR) is 62.5 cm³/mol. The van der Waals surface area contributed by atoms with Crippen LogP contribution in [0, 0.1) is 0 Å². The molecule has 0 radical (unpaired) electrons. The monoisotopic (exact) mass is 223 g/mol. The highest BCUT2D eigenvalue weighted by molar-refractivity contribution is 5.48. The summed E-state index contributed by atoms with van der Waals surface area (Å²) in [6.07, 6.45) is 1.93. The SMILES string of the molecule is COCC1CN(c2ccc(N)nc2)CCO1. The van der Waals surface area contributed by atoms with Gasteiger partial charge < -0.3 is 20.1 Å². The molecule has 88 valence electrons. The van der Waals surface area contributed by atoms with Gasteiger partial charge in [0.2, 0.25) is 0 Å². The van der Waals surface area contributed by atoms with Gasteiger partial charge in [-0.15, -0.1) is 0 Å². The third kappa shape index (κ3) is 2.62. The molecule has 0 aromatic carbocycles. The minimum absolute atomic E-state index is 0.135. The number of ether oxygens (including phenoxy) is 2. The van der Waals surface area contributed by atoms with Crippen molar-refractivity contribution in [3.63, 3.8) is 0 Å². The lowest BCUT2D eigenvalue weighted by Crippen LogP contribution is -2.44. The number of methoxy groups -OCH3 is 1. The first-order chi connectivity index (χ1) is 7.79. The first-order valence-corrected chi connectivity index (χ1v) is 5.36.